The smallest absolute Gasteiger partial charge is 0.122 e. The minimum absolute atomic E-state index is 0.285. The van der Waals surface area contributed by atoms with E-state index < -0.39 is 0 Å². The van der Waals surface area contributed by atoms with Gasteiger partial charge in [0.05, 0.1) is 6.61 Å². The van der Waals surface area contributed by atoms with E-state index in [9.17, 15) is 0 Å². The van der Waals surface area contributed by atoms with Gasteiger partial charge >= 0.3 is 0 Å². The molecule has 1 unspecified atom stereocenters. The summed E-state index contributed by atoms with van der Waals surface area (Å²) in [6.45, 7) is 7.58. The van der Waals surface area contributed by atoms with Crippen LogP contribution in [0, 0.1) is 13.8 Å². The third-order valence-corrected chi connectivity index (χ3v) is 3.92. The molecular formula is C19H25NO. The van der Waals surface area contributed by atoms with Crippen molar-refractivity contribution in [3.05, 3.63) is 64.7 Å². The van der Waals surface area contributed by atoms with Gasteiger partial charge in [-0.2, -0.15) is 0 Å². The SMILES string of the molecule is CCOc1ccc(C)cc1C(CN)Cc1ccccc1C. The van der Waals surface area contributed by atoms with E-state index in [2.05, 4.69) is 56.3 Å². The quantitative estimate of drug-likeness (QED) is 0.870. The Balaban J connectivity index is 2.33. The Bertz CT molecular complexity index is 592. The van der Waals surface area contributed by atoms with Gasteiger partial charge in [0.25, 0.3) is 0 Å². The molecule has 0 fully saturated rings. The molecule has 112 valence electrons. The molecule has 0 bridgehead atoms. The van der Waals surface area contributed by atoms with Gasteiger partial charge in [-0.1, -0.05) is 42.0 Å². The van der Waals surface area contributed by atoms with Crippen LogP contribution in [0.4, 0.5) is 0 Å². The summed E-state index contributed by atoms with van der Waals surface area (Å²) in [5.41, 5.74) is 11.2. The molecule has 2 aromatic carbocycles. The van der Waals surface area contributed by atoms with Crippen LogP contribution in [-0.4, -0.2) is 13.2 Å². The lowest BCUT2D eigenvalue weighted by atomic mass is 9.89. The van der Waals surface area contributed by atoms with Crippen molar-refractivity contribution < 1.29 is 4.74 Å². The van der Waals surface area contributed by atoms with Crippen molar-refractivity contribution in [1.82, 2.24) is 0 Å². The van der Waals surface area contributed by atoms with Gasteiger partial charge in [0.1, 0.15) is 5.75 Å². The largest absolute Gasteiger partial charge is 0.494 e. The highest BCUT2D eigenvalue weighted by molar-refractivity contribution is 5.41. The first kappa shape index (κ1) is 15.6. The van der Waals surface area contributed by atoms with Crippen molar-refractivity contribution in [3.63, 3.8) is 0 Å². The van der Waals surface area contributed by atoms with Crippen LogP contribution >= 0.6 is 0 Å². The topological polar surface area (TPSA) is 35.2 Å². The van der Waals surface area contributed by atoms with Crippen LogP contribution in [0.25, 0.3) is 0 Å². The fourth-order valence-corrected chi connectivity index (χ4v) is 2.70. The predicted octanol–water partition coefficient (Wildman–Crippen LogP) is 3.99. The maximum absolute atomic E-state index is 6.06. The van der Waals surface area contributed by atoms with E-state index >= 15 is 0 Å². The molecule has 0 aliphatic heterocycles. The highest BCUT2D eigenvalue weighted by atomic mass is 16.5. The van der Waals surface area contributed by atoms with Crippen molar-refractivity contribution >= 4 is 0 Å². The molecule has 2 nitrogen and oxygen atoms in total. The molecular weight excluding hydrogens is 258 g/mol. The number of aryl methyl sites for hydroxylation is 2. The van der Waals surface area contributed by atoms with Crippen LogP contribution in [0.5, 0.6) is 5.75 Å². The second-order valence-corrected chi connectivity index (χ2v) is 5.54. The lowest BCUT2D eigenvalue weighted by molar-refractivity contribution is 0.334. The maximum Gasteiger partial charge on any atom is 0.122 e. The van der Waals surface area contributed by atoms with Crippen molar-refractivity contribution in [2.45, 2.75) is 33.1 Å². The first-order chi connectivity index (χ1) is 10.2. The number of rotatable bonds is 6. The molecule has 2 rings (SSSR count). The molecule has 0 aliphatic carbocycles. The zero-order chi connectivity index (χ0) is 15.2. The normalized spacial score (nSPS) is 12.2. The lowest BCUT2D eigenvalue weighted by Crippen LogP contribution is -2.17. The van der Waals surface area contributed by atoms with Crippen LogP contribution in [0.15, 0.2) is 42.5 Å². The van der Waals surface area contributed by atoms with Crippen molar-refractivity contribution in [2.24, 2.45) is 5.73 Å². The van der Waals surface area contributed by atoms with Gasteiger partial charge in [-0.15, -0.1) is 0 Å². The van der Waals surface area contributed by atoms with Gasteiger partial charge in [-0.05, 0) is 56.5 Å². The van der Waals surface area contributed by atoms with E-state index in [0.717, 1.165) is 12.2 Å². The van der Waals surface area contributed by atoms with Crippen LogP contribution in [-0.2, 0) is 6.42 Å². The number of hydrogen-bond acceptors (Lipinski definition) is 2. The molecule has 2 aromatic rings. The van der Waals surface area contributed by atoms with Gasteiger partial charge in [0, 0.05) is 5.92 Å². The molecule has 2 N–H and O–H groups in total. The summed E-state index contributed by atoms with van der Waals surface area (Å²) in [6, 6.07) is 14.9. The molecule has 2 heteroatoms. The molecule has 0 heterocycles. The van der Waals surface area contributed by atoms with Crippen molar-refractivity contribution in [1.29, 1.82) is 0 Å². The molecule has 0 spiro atoms. The summed E-state index contributed by atoms with van der Waals surface area (Å²) in [5.74, 6) is 1.25. The third kappa shape index (κ3) is 3.85. The number of nitrogens with two attached hydrogens (primary N) is 1. The Kier molecular flexibility index (Phi) is 5.40. The molecule has 0 saturated heterocycles. The molecule has 0 amide bonds. The zero-order valence-electron chi connectivity index (χ0n) is 13.2. The number of benzene rings is 2. The van der Waals surface area contributed by atoms with Crippen LogP contribution in [0.1, 0.15) is 35.1 Å². The predicted molar refractivity (Wildman–Crippen MR) is 89.0 cm³/mol. The highest BCUT2D eigenvalue weighted by Gasteiger charge is 2.16. The Hall–Kier alpha value is -1.80. The van der Waals surface area contributed by atoms with Crippen LogP contribution < -0.4 is 10.5 Å². The summed E-state index contributed by atoms with van der Waals surface area (Å²) in [7, 11) is 0. The molecule has 0 radical (unpaired) electrons. The van der Waals surface area contributed by atoms with Crippen LogP contribution in [0.2, 0.25) is 0 Å². The van der Waals surface area contributed by atoms with E-state index in [1.807, 2.05) is 6.92 Å². The number of hydrogen-bond donors (Lipinski definition) is 1. The van der Waals surface area contributed by atoms with E-state index in [-0.39, 0.29) is 5.92 Å². The maximum atomic E-state index is 6.06. The first-order valence-electron chi connectivity index (χ1n) is 7.63. The summed E-state index contributed by atoms with van der Waals surface area (Å²) >= 11 is 0. The second kappa shape index (κ2) is 7.28. The Morgan fingerprint density at radius 2 is 1.86 bits per heavy atom. The molecule has 1 atom stereocenters. The summed E-state index contributed by atoms with van der Waals surface area (Å²) < 4.78 is 5.79. The lowest BCUT2D eigenvalue weighted by Gasteiger charge is -2.20. The van der Waals surface area contributed by atoms with E-state index in [0.29, 0.717) is 13.2 Å². The minimum atomic E-state index is 0.285. The summed E-state index contributed by atoms with van der Waals surface area (Å²) in [5, 5.41) is 0. The van der Waals surface area contributed by atoms with Gasteiger partial charge in [0.15, 0.2) is 0 Å². The molecule has 0 saturated carbocycles. The monoisotopic (exact) mass is 283 g/mol. The molecule has 0 aromatic heterocycles. The fourth-order valence-electron chi connectivity index (χ4n) is 2.70. The highest BCUT2D eigenvalue weighted by Crippen LogP contribution is 2.30. The van der Waals surface area contributed by atoms with Crippen LogP contribution in [0.3, 0.4) is 0 Å². The minimum Gasteiger partial charge on any atom is -0.494 e. The Morgan fingerprint density at radius 3 is 2.52 bits per heavy atom. The zero-order valence-corrected chi connectivity index (χ0v) is 13.2. The second-order valence-electron chi connectivity index (χ2n) is 5.54. The molecule has 0 aliphatic rings. The summed E-state index contributed by atoms with van der Waals surface area (Å²) in [4.78, 5) is 0. The number of ether oxygens (including phenoxy) is 1. The Morgan fingerprint density at radius 1 is 1.10 bits per heavy atom. The average molecular weight is 283 g/mol. The summed E-state index contributed by atoms with van der Waals surface area (Å²) in [6.07, 6.45) is 0.951. The van der Waals surface area contributed by atoms with Crippen molar-refractivity contribution in [3.8, 4) is 5.75 Å². The van der Waals surface area contributed by atoms with Gasteiger partial charge in [0.2, 0.25) is 0 Å². The first-order valence-corrected chi connectivity index (χ1v) is 7.63. The van der Waals surface area contributed by atoms with Gasteiger partial charge in [-0.25, -0.2) is 0 Å². The molecule has 21 heavy (non-hydrogen) atoms. The standard InChI is InChI=1S/C19H25NO/c1-4-21-19-10-9-14(2)11-18(19)17(13-20)12-16-8-6-5-7-15(16)3/h5-11,17H,4,12-13,20H2,1-3H3. The fraction of sp³-hybridized carbons (Fsp3) is 0.368. The average Bonchev–Trinajstić information content (AvgIpc) is 2.49. The van der Waals surface area contributed by atoms with Gasteiger partial charge in [-0.3, -0.25) is 0 Å². The van der Waals surface area contributed by atoms with Crippen molar-refractivity contribution in [2.75, 3.05) is 13.2 Å². The Labute approximate surface area is 127 Å². The third-order valence-electron chi connectivity index (χ3n) is 3.92. The van der Waals surface area contributed by atoms with E-state index in [4.69, 9.17) is 10.5 Å². The van der Waals surface area contributed by atoms with Gasteiger partial charge < -0.3 is 10.5 Å². The van der Waals surface area contributed by atoms with E-state index in [1.165, 1.54) is 22.3 Å². The van der Waals surface area contributed by atoms with E-state index in [1.54, 1.807) is 0 Å².